The molecular weight excluding hydrogens is 238 g/mol. The van der Waals surface area contributed by atoms with Gasteiger partial charge in [0, 0.05) is 25.3 Å². The minimum absolute atomic E-state index is 0.715. The van der Waals surface area contributed by atoms with Crippen LogP contribution < -0.4 is 5.32 Å². The summed E-state index contributed by atoms with van der Waals surface area (Å²) in [6.45, 7) is 9.51. The predicted octanol–water partition coefficient (Wildman–Crippen LogP) is 1.65. The van der Waals surface area contributed by atoms with E-state index in [1.165, 1.54) is 32.2 Å². The molecule has 5 nitrogen and oxygen atoms in total. The molecule has 0 spiro atoms. The molecule has 0 saturated carbocycles. The lowest BCUT2D eigenvalue weighted by Crippen LogP contribution is -2.35. The smallest absolute Gasteiger partial charge is 0.0964 e. The lowest BCUT2D eigenvalue weighted by Gasteiger charge is -2.26. The van der Waals surface area contributed by atoms with Gasteiger partial charge >= 0.3 is 0 Å². The van der Waals surface area contributed by atoms with Gasteiger partial charge in [-0.15, -0.1) is 5.10 Å². The Morgan fingerprint density at radius 3 is 3.05 bits per heavy atom. The molecule has 1 aliphatic heterocycles. The van der Waals surface area contributed by atoms with E-state index in [4.69, 9.17) is 0 Å². The molecule has 1 N–H and O–H groups in total. The monoisotopic (exact) mass is 265 g/mol. The number of hydrogen-bond acceptors (Lipinski definition) is 4. The van der Waals surface area contributed by atoms with Crippen LogP contribution in [0.3, 0.4) is 0 Å². The van der Waals surface area contributed by atoms with Crippen molar-refractivity contribution in [1.82, 2.24) is 25.2 Å². The van der Waals surface area contributed by atoms with Crippen LogP contribution in [0.5, 0.6) is 0 Å². The topological polar surface area (TPSA) is 46.0 Å². The highest BCUT2D eigenvalue weighted by Crippen LogP contribution is 2.15. The van der Waals surface area contributed by atoms with E-state index in [1.807, 2.05) is 4.68 Å². The Kier molecular flexibility index (Phi) is 5.79. The van der Waals surface area contributed by atoms with E-state index in [1.54, 1.807) is 0 Å². The molecule has 0 aliphatic carbocycles. The molecular formula is C14H27N5. The van der Waals surface area contributed by atoms with Gasteiger partial charge in [-0.3, -0.25) is 9.58 Å². The first-order valence-electron chi connectivity index (χ1n) is 7.63. The second-order valence-electron chi connectivity index (χ2n) is 5.49. The first-order valence-corrected chi connectivity index (χ1v) is 7.63. The zero-order valence-electron chi connectivity index (χ0n) is 12.3. The number of likely N-dealkylation sites (tertiary alicyclic amines) is 1. The zero-order chi connectivity index (χ0) is 13.5. The van der Waals surface area contributed by atoms with Gasteiger partial charge in [-0.05, 0) is 32.9 Å². The summed E-state index contributed by atoms with van der Waals surface area (Å²) in [6.07, 6.45) is 7.51. The molecule has 1 aromatic heterocycles. The van der Waals surface area contributed by atoms with Crippen molar-refractivity contribution in [2.24, 2.45) is 0 Å². The van der Waals surface area contributed by atoms with Crippen molar-refractivity contribution in [1.29, 1.82) is 0 Å². The summed E-state index contributed by atoms with van der Waals surface area (Å²) < 4.78 is 1.98. The lowest BCUT2D eigenvalue weighted by molar-refractivity contribution is 0.202. The van der Waals surface area contributed by atoms with Gasteiger partial charge in [0.25, 0.3) is 0 Å². The Morgan fingerprint density at radius 1 is 1.32 bits per heavy atom. The fraction of sp³-hybridized carbons (Fsp3) is 0.857. The summed E-state index contributed by atoms with van der Waals surface area (Å²) in [4.78, 5) is 2.60. The number of rotatable bonds is 6. The average molecular weight is 265 g/mol. The normalized spacial score (nSPS) is 21.5. The van der Waals surface area contributed by atoms with Gasteiger partial charge < -0.3 is 5.32 Å². The summed E-state index contributed by atoms with van der Waals surface area (Å²) in [6, 6.07) is 0.715. The van der Waals surface area contributed by atoms with E-state index < -0.39 is 0 Å². The van der Waals surface area contributed by atoms with E-state index in [0.29, 0.717) is 6.04 Å². The second kappa shape index (κ2) is 7.60. The third kappa shape index (κ3) is 4.58. The Labute approximate surface area is 116 Å². The van der Waals surface area contributed by atoms with Crippen molar-refractivity contribution in [2.75, 3.05) is 19.6 Å². The average Bonchev–Trinajstić information content (AvgIpc) is 2.77. The van der Waals surface area contributed by atoms with E-state index >= 15 is 0 Å². The minimum atomic E-state index is 0.715. The van der Waals surface area contributed by atoms with Crippen LogP contribution in [0.15, 0.2) is 6.20 Å². The molecule has 0 amide bonds. The van der Waals surface area contributed by atoms with Crippen molar-refractivity contribution >= 4 is 0 Å². The molecule has 0 radical (unpaired) electrons. The number of nitrogens with one attached hydrogen (secondary N) is 1. The molecule has 1 aliphatic rings. The van der Waals surface area contributed by atoms with Crippen LogP contribution in [-0.4, -0.2) is 45.6 Å². The van der Waals surface area contributed by atoms with Crippen molar-refractivity contribution in [3.05, 3.63) is 11.9 Å². The third-order valence-electron chi connectivity index (χ3n) is 3.95. The van der Waals surface area contributed by atoms with Crippen molar-refractivity contribution in [3.8, 4) is 0 Å². The van der Waals surface area contributed by atoms with Gasteiger partial charge in [0.1, 0.15) is 0 Å². The fourth-order valence-corrected chi connectivity index (χ4v) is 2.68. The Bertz CT molecular complexity index is 362. The van der Waals surface area contributed by atoms with Crippen LogP contribution in [-0.2, 0) is 13.1 Å². The van der Waals surface area contributed by atoms with Crippen LogP contribution in [0.4, 0.5) is 0 Å². The molecule has 0 bridgehead atoms. The third-order valence-corrected chi connectivity index (χ3v) is 3.95. The molecule has 0 aromatic carbocycles. The summed E-state index contributed by atoms with van der Waals surface area (Å²) in [7, 11) is 0. The number of aromatic nitrogens is 3. The minimum Gasteiger partial charge on any atom is -0.311 e. The molecule has 2 rings (SSSR count). The highest BCUT2D eigenvalue weighted by molar-refractivity contribution is 4.91. The van der Waals surface area contributed by atoms with Crippen LogP contribution >= 0.6 is 0 Å². The molecule has 2 heterocycles. The molecule has 5 heteroatoms. The highest BCUT2D eigenvalue weighted by atomic mass is 15.4. The largest absolute Gasteiger partial charge is 0.311 e. The zero-order valence-corrected chi connectivity index (χ0v) is 12.3. The van der Waals surface area contributed by atoms with E-state index in [2.05, 4.69) is 40.6 Å². The van der Waals surface area contributed by atoms with Gasteiger partial charge in [-0.1, -0.05) is 25.0 Å². The van der Waals surface area contributed by atoms with Gasteiger partial charge in [0.2, 0.25) is 0 Å². The molecule has 1 saturated heterocycles. The fourth-order valence-electron chi connectivity index (χ4n) is 2.68. The summed E-state index contributed by atoms with van der Waals surface area (Å²) in [5, 5.41) is 11.7. The first-order chi connectivity index (χ1) is 9.29. The lowest BCUT2D eigenvalue weighted by atomic mass is 10.1. The number of hydrogen-bond donors (Lipinski definition) is 1. The predicted molar refractivity (Wildman–Crippen MR) is 76.9 cm³/mol. The van der Waals surface area contributed by atoms with Gasteiger partial charge in [0.15, 0.2) is 0 Å². The SMILES string of the molecule is CCNCc1cn(CCN2CCCCCC2C)nn1. The van der Waals surface area contributed by atoms with Gasteiger partial charge in [-0.25, -0.2) is 0 Å². The van der Waals surface area contributed by atoms with Crippen molar-refractivity contribution < 1.29 is 0 Å². The van der Waals surface area contributed by atoms with Crippen molar-refractivity contribution in [3.63, 3.8) is 0 Å². The first kappa shape index (κ1) is 14.5. The van der Waals surface area contributed by atoms with E-state index in [-0.39, 0.29) is 0 Å². The maximum Gasteiger partial charge on any atom is 0.0964 e. The van der Waals surface area contributed by atoms with E-state index in [0.717, 1.165) is 31.9 Å². The van der Waals surface area contributed by atoms with Crippen LogP contribution in [0.2, 0.25) is 0 Å². The molecule has 19 heavy (non-hydrogen) atoms. The maximum absolute atomic E-state index is 4.20. The van der Waals surface area contributed by atoms with Crippen molar-refractivity contribution in [2.45, 2.75) is 58.7 Å². The molecule has 1 fully saturated rings. The maximum atomic E-state index is 4.20. The Balaban J connectivity index is 1.78. The second-order valence-corrected chi connectivity index (χ2v) is 5.49. The molecule has 1 unspecified atom stereocenters. The molecule has 1 atom stereocenters. The summed E-state index contributed by atoms with van der Waals surface area (Å²) in [5.41, 5.74) is 1.03. The van der Waals surface area contributed by atoms with Crippen LogP contribution in [0.25, 0.3) is 0 Å². The molecule has 108 valence electrons. The standard InChI is InChI=1S/C14H27N5/c1-3-15-11-14-12-19(17-16-14)10-9-18-8-6-4-5-7-13(18)2/h12-13,15H,3-11H2,1-2H3. The number of nitrogens with zero attached hydrogens (tertiary/aromatic N) is 4. The highest BCUT2D eigenvalue weighted by Gasteiger charge is 2.16. The molecule has 1 aromatic rings. The van der Waals surface area contributed by atoms with Crippen LogP contribution in [0.1, 0.15) is 45.2 Å². The Morgan fingerprint density at radius 2 is 2.21 bits per heavy atom. The summed E-state index contributed by atoms with van der Waals surface area (Å²) in [5.74, 6) is 0. The quantitative estimate of drug-likeness (QED) is 0.849. The van der Waals surface area contributed by atoms with E-state index in [9.17, 15) is 0 Å². The summed E-state index contributed by atoms with van der Waals surface area (Å²) >= 11 is 0. The van der Waals surface area contributed by atoms with Crippen LogP contribution in [0, 0.1) is 0 Å². The van der Waals surface area contributed by atoms with Gasteiger partial charge in [-0.2, -0.15) is 0 Å². The van der Waals surface area contributed by atoms with Gasteiger partial charge in [0.05, 0.1) is 12.2 Å². The Hall–Kier alpha value is -0.940.